The second kappa shape index (κ2) is 7.16. The molecule has 0 radical (unpaired) electrons. The van der Waals surface area contributed by atoms with Gasteiger partial charge >= 0.3 is 0 Å². The van der Waals surface area contributed by atoms with Crippen molar-refractivity contribution in [3.05, 3.63) is 29.8 Å². The molecule has 1 aliphatic carbocycles. The van der Waals surface area contributed by atoms with Crippen LogP contribution in [-0.4, -0.2) is 17.4 Å². The second-order valence-electron chi connectivity index (χ2n) is 7.59. The van der Waals surface area contributed by atoms with Crippen molar-refractivity contribution in [2.24, 2.45) is 11.8 Å². The largest absolute Gasteiger partial charge is 0.351 e. The molecular formula is C19H28N2O2. The Morgan fingerprint density at radius 1 is 0.957 bits per heavy atom. The van der Waals surface area contributed by atoms with Crippen molar-refractivity contribution in [2.75, 3.05) is 5.32 Å². The molecule has 1 saturated carbocycles. The van der Waals surface area contributed by atoms with Gasteiger partial charge in [0.15, 0.2) is 0 Å². The van der Waals surface area contributed by atoms with Crippen LogP contribution in [0.4, 0.5) is 5.69 Å². The molecule has 0 unspecified atom stereocenters. The summed E-state index contributed by atoms with van der Waals surface area (Å²) in [6.07, 6.45) is 3.13. The zero-order chi connectivity index (χ0) is 17.0. The first-order valence-electron chi connectivity index (χ1n) is 8.45. The number of carbonyl (C=O) groups excluding carboxylic acids is 2. The molecule has 2 amide bonds. The fourth-order valence-corrected chi connectivity index (χ4v) is 3.04. The zero-order valence-corrected chi connectivity index (χ0v) is 14.6. The van der Waals surface area contributed by atoms with Crippen LogP contribution in [0, 0.1) is 18.8 Å². The summed E-state index contributed by atoms with van der Waals surface area (Å²) < 4.78 is 0. The van der Waals surface area contributed by atoms with Gasteiger partial charge in [-0.25, -0.2) is 0 Å². The van der Waals surface area contributed by atoms with Crippen LogP contribution >= 0.6 is 0 Å². The standard InChI is InChI=1S/C19H28N2O2/c1-13-7-5-6-8-16(13)20-17(22)14-9-11-15(12-10-14)18(23)21-19(2,3)4/h5-8,14-15H,9-12H2,1-4H3,(H,20,22)(H,21,23). The maximum Gasteiger partial charge on any atom is 0.227 e. The van der Waals surface area contributed by atoms with Crippen molar-refractivity contribution in [3.8, 4) is 0 Å². The number of amides is 2. The number of carbonyl (C=O) groups is 2. The number of aryl methyl sites for hydroxylation is 1. The van der Waals surface area contributed by atoms with E-state index in [1.807, 2.05) is 52.0 Å². The van der Waals surface area contributed by atoms with Gasteiger partial charge in [-0.15, -0.1) is 0 Å². The van der Waals surface area contributed by atoms with E-state index in [2.05, 4.69) is 10.6 Å². The molecule has 1 aliphatic rings. The van der Waals surface area contributed by atoms with E-state index in [4.69, 9.17) is 0 Å². The Morgan fingerprint density at radius 3 is 2.00 bits per heavy atom. The monoisotopic (exact) mass is 316 g/mol. The molecule has 4 heteroatoms. The summed E-state index contributed by atoms with van der Waals surface area (Å²) in [6, 6.07) is 7.80. The Kier molecular flexibility index (Phi) is 5.45. The molecule has 0 atom stereocenters. The van der Waals surface area contributed by atoms with E-state index in [-0.39, 0.29) is 29.2 Å². The first-order chi connectivity index (χ1) is 10.8. The molecule has 0 saturated heterocycles. The molecule has 0 aromatic heterocycles. The van der Waals surface area contributed by atoms with E-state index in [1.165, 1.54) is 0 Å². The maximum atomic E-state index is 12.4. The summed E-state index contributed by atoms with van der Waals surface area (Å²) >= 11 is 0. The van der Waals surface area contributed by atoms with Gasteiger partial charge < -0.3 is 10.6 Å². The lowest BCUT2D eigenvalue weighted by Gasteiger charge is -2.30. The Labute approximate surface area is 139 Å². The number of rotatable bonds is 3. The van der Waals surface area contributed by atoms with Gasteiger partial charge in [-0.1, -0.05) is 18.2 Å². The SMILES string of the molecule is Cc1ccccc1NC(=O)C1CCC(C(=O)NC(C)(C)C)CC1. The minimum absolute atomic E-state index is 0.00768. The topological polar surface area (TPSA) is 58.2 Å². The molecule has 23 heavy (non-hydrogen) atoms. The lowest BCUT2D eigenvalue weighted by atomic mass is 9.80. The van der Waals surface area contributed by atoms with Crippen LogP contribution in [0.1, 0.15) is 52.0 Å². The smallest absolute Gasteiger partial charge is 0.227 e. The Hall–Kier alpha value is -1.84. The van der Waals surface area contributed by atoms with Crippen molar-refractivity contribution < 1.29 is 9.59 Å². The number of benzene rings is 1. The molecule has 1 aromatic rings. The molecule has 0 spiro atoms. The summed E-state index contributed by atoms with van der Waals surface area (Å²) in [7, 11) is 0. The zero-order valence-electron chi connectivity index (χ0n) is 14.6. The van der Waals surface area contributed by atoms with Gasteiger partial charge in [0.05, 0.1) is 0 Å². The molecule has 2 N–H and O–H groups in total. The average molecular weight is 316 g/mol. The molecule has 1 fully saturated rings. The van der Waals surface area contributed by atoms with Crippen LogP contribution in [-0.2, 0) is 9.59 Å². The van der Waals surface area contributed by atoms with Gasteiger partial charge in [-0.2, -0.15) is 0 Å². The van der Waals surface area contributed by atoms with Gasteiger partial charge in [0.25, 0.3) is 0 Å². The third kappa shape index (κ3) is 5.08. The van der Waals surface area contributed by atoms with Gasteiger partial charge in [-0.3, -0.25) is 9.59 Å². The fourth-order valence-electron chi connectivity index (χ4n) is 3.04. The third-order valence-electron chi connectivity index (χ3n) is 4.37. The first kappa shape index (κ1) is 17.5. The van der Waals surface area contributed by atoms with Crippen LogP contribution in [0.25, 0.3) is 0 Å². The van der Waals surface area contributed by atoms with Crippen molar-refractivity contribution in [1.29, 1.82) is 0 Å². The molecule has 0 aliphatic heterocycles. The van der Waals surface area contributed by atoms with Gasteiger partial charge in [-0.05, 0) is 65.0 Å². The van der Waals surface area contributed by atoms with E-state index in [0.29, 0.717) is 0 Å². The number of para-hydroxylation sites is 1. The summed E-state index contributed by atoms with van der Waals surface area (Å²) in [6.45, 7) is 7.97. The highest BCUT2D eigenvalue weighted by atomic mass is 16.2. The summed E-state index contributed by atoms with van der Waals surface area (Å²) in [5.41, 5.74) is 1.75. The quantitative estimate of drug-likeness (QED) is 0.894. The normalized spacial score (nSPS) is 21.6. The second-order valence-corrected chi connectivity index (χ2v) is 7.59. The number of anilines is 1. The Balaban J connectivity index is 1.85. The predicted molar refractivity (Wildman–Crippen MR) is 93.2 cm³/mol. The number of nitrogens with one attached hydrogen (secondary N) is 2. The van der Waals surface area contributed by atoms with E-state index >= 15 is 0 Å². The fraction of sp³-hybridized carbons (Fsp3) is 0.579. The van der Waals surface area contributed by atoms with Crippen LogP contribution in [0.15, 0.2) is 24.3 Å². The van der Waals surface area contributed by atoms with Crippen LogP contribution in [0.5, 0.6) is 0 Å². The van der Waals surface area contributed by atoms with E-state index in [1.54, 1.807) is 0 Å². The molecule has 1 aromatic carbocycles. The van der Waals surface area contributed by atoms with Crippen molar-refractivity contribution in [3.63, 3.8) is 0 Å². The third-order valence-corrected chi connectivity index (χ3v) is 4.37. The van der Waals surface area contributed by atoms with E-state index in [9.17, 15) is 9.59 Å². The Morgan fingerprint density at radius 2 is 1.48 bits per heavy atom. The number of hydrogen-bond acceptors (Lipinski definition) is 2. The first-order valence-corrected chi connectivity index (χ1v) is 8.45. The molecular weight excluding hydrogens is 288 g/mol. The van der Waals surface area contributed by atoms with Gasteiger partial charge in [0, 0.05) is 23.1 Å². The van der Waals surface area contributed by atoms with Gasteiger partial charge in [0.1, 0.15) is 0 Å². The highest BCUT2D eigenvalue weighted by Crippen LogP contribution is 2.30. The Bertz CT molecular complexity index is 567. The molecule has 0 bridgehead atoms. The predicted octanol–water partition coefficient (Wildman–Crippen LogP) is 3.65. The molecule has 2 rings (SSSR count). The molecule has 0 heterocycles. The summed E-state index contributed by atoms with van der Waals surface area (Å²) in [4.78, 5) is 24.6. The average Bonchev–Trinajstić information content (AvgIpc) is 2.48. The lowest BCUT2D eigenvalue weighted by Crippen LogP contribution is -2.45. The van der Waals surface area contributed by atoms with E-state index in [0.717, 1.165) is 36.9 Å². The van der Waals surface area contributed by atoms with Crippen LogP contribution in [0.3, 0.4) is 0 Å². The highest BCUT2D eigenvalue weighted by molar-refractivity contribution is 5.93. The van der Waals surface area contributed by atoms with Gasteiger partial charge in [0.2, 0.25) is 11.8 Å². The minimum atomic E-state index is -0.198. The summed E-state index contributed by atoms with van der Waals surface area (Å²) in [5, 5.41) is 6.06. The van der Waals surface area contributed by atoms with Crippen molar-refractivity contribution in [1.82, 2.24) is 5.32 Å². The van der Waals surface area contributed by atoms with Crippen molar-refractivity contribution >= 4 is 17.5 Å². The van der Waals surface area contributed by atoms with Crippen molar-refractivity contribution in [2.45, 2.75) is 58.9 Å². The summed E-state index contributed by atoms with van der Waals surface area (Å²) in [5.74, 6) is 0.245. The van der Waals surface area contributed by atoms with Crippen LogP contribution in [0.2, 0.25) is 0 Å². The highest BCUT2D eigenvalue weighted by Gasteiger charge is 2.31. The molecule has 4 nitrogen and oxygen atoms in total. The van der Waals surface area contributed by atoms with Crippen LogP contribution < -0.4 is 10.6 Å². The maximum absolute atomic E-state index is 12.4. The lowest BCUT2D eigenvalue weighted by molar-refractivity contribution is -0.129. The minimum Gasteiger partial charge on any atom is -0.351 e. The van der Waals surface area contributed by atoms with E-state index < -0.39 is 0 Å². The number of hydrogen-bond donors (Lipinski definition) is 2. The molecule has 126 valence electrons.